The largest absolute Gasteiger partial charge is 0.496 e. The molecule has 0 atom stereocenters. The van der Waals surface area contributed by atoms with Crippen LogP contribution in [0.2, 0.25) is 0 Å². The third-order valence-electron chi connectivity index (χ3n) is 8.72. The lowest BCUT2D eigenvalue weighted by molar-refractivity contribution is 0.416. The first-order chi connectivity index (χ1) is 23.2. The number of aromatic nitrogens is 2. The van der Waals surface area contributed by atoms with Crippen molar-refractivity contribution in [1.82, 2.24) is 8.75 Å². The maximum absolute atomic E-state index is 5.94. The fourth-order valence-electron chi connectivity index (χ4n) is 6.52. The molecule has 0 aliphatic carbocycles. The fourth-order valence-corrected chi connectivity index (χ4v) is 9.51. The average Bonchev–Trinajstić information content (AvgIpc) is 3.80. The van der Waals surface area contributed by atoms with E-state index in [1.807, 2.05) is 22.7 Å². The van der Waals surface area contributed by atoms with Crippen LogP contribution in [-0.2, 0) is 12.8 Å². The van der Waals surface area contributed by atoms with E-state index in [4.69, 9.17) is 13.5 Å². The van der Waals surface area contributed by atoms with Gasteiger partial charge in [0, 0.05) is 55.6 Å². The minimum atomic E-state index is 0.636. The molecule has 0 saturated heterocycles. The van der Waals surface area contributed by atoms with Crippen molar-refractivity contribution in [3.8, 4) is 48.9 Å². The fraction of sp³-hybridized carbons (Fsp3) is 0.268. The topological polar surface area (TPSA) is 38.2 Å². The number of benzene rings is 4. The van der Waals surface area contributed by atoms with Gasteiger partial charge in [0.1, 0.15) is 16.8 Å². The Morgan fingerprint density at radius 1 is 0.604 bits per heavy atom. The molecule has 0 amide bonds. The Kier molecular flexibility index (Phi) is 9.12. The zero-order valence-corrected chi connectivity index (χ0v) is 31.1. The van der Waals surface area contributed by atoms with Crippen molar-refractivity contribution in [2.45, 2.75) is 40.5 Å². The highest BCUT2D eigenvalue weighted by atomic mass is 32.1. The average molecular weight is 688 g/mol. The zero-order valence-electron chi connectivity index (χ0n) is 28.6. The first kappa shape index (κ1) is 32.5. The van der Waals surface area contributed by atoms with Crippen molar-refractivity contribution < 1.29 is 4.74 Å². The van der Waals surface area contributed by atoms with Gasteiger partial charge in [-0.05, 0) is 88.9 Å². The number of thiophene rings is 2. The predicted molar refractivity (Wildman–Crippen MR) is 210 cm³/mol. The lowest BCUT2D eigenvalue weighted by Gasteiger charge is -2.14. The van der Waals surface area contributed by atoms with Gasteiger partial charge in [0.25, 0.3) is 0 Å². The van der Waals surface area contributed by atoms with E-state index in [0.717, 1.165) is 57.4 Å². The van der Waals surface area contributed by atoms with Gasteiger partial charge in [-0.3, -0.25) is 0 Å². The highest BCUT2D eigenvalue weighted by Crippen LogP contribution is 2.45. The van der Waals surface area contributed by atoms with Gasteiger partial charge in [-0.2, -0.15) is 8.75 Å². The summed E-state index contributed by atoms with van der Waals surface area (Å²) in [7, 11) is 5.85. The van der Waals surface area contributed by atoms with Crippen LogP contribution in [-0.4, -0.2) is 30.0 Å². The highest BCUT2D eigenvalue weighted by molar-refractivity contribution is 7.31. The minimum Gasteiger partial charge on any atom is -0.496 e. The number of anilines is 1. The molecule has 48 heavy (non-hydrogen) atoms. The molecule has 0 saturated carbocycles. The van der Waals surface area contributed by atoms with Crippen LogP contribution < -0.4 is 9.64 Å². The predicted octanol–water partition coefficient (Wildman–Crippen LogP) is 12.1. The summed E-state index contributed by atoms with van der Waals surface area (Å²) in [5.41, 5.74) is 12.7. The van der Waals surface area contributed by atoms with Crippen molar-refractivity contribution in [2.24, 2.45) is 11.8 Å². The van der Waals surface area contributed by atoms with Crippen LogP contribution in [0, 0.1) is 11.8 Å². The van der Waals surface area contributed by atoms with Crippen molar-refractivity contribution >= 4 is 60.5 Å². The van der Waals surface area contributed by atoms with E-state index >= 15 is 0 Å². The molecule has 7 aromatic rings. The molecule has 0 unspecified atom stereocenters. The molecule has 7 heteroatoms. The molecule has 3 heterocycles. The lowest BCUT2D eigenvalue weighted by atomic mass is 9.94. The molecular formula is C41H41N3OS3. The van der Waals surface area contributed by atoms with Crippen molar-refractivity contribution in [3.63, 3.8) is 0 Å². The van der Waals surface area contributed by atoms with Crippen molar-refractivity contribution in [1.29, 1.82) is 0 Å². The normalized spacial score (nSPS) is 11.8. The van der Waals surface area contributed by atoms with E-state index < -0.39 is 0 Å². The lowest BCUT2D eigenvalue weighted by Crippen LogP contribution is -2.07. The van der Waals surface area contributed by atoms with E-state index in [0.29, 0.717) is 11.8 Å². The molecule has 244 valence electrons. The van der Waals surface area contributed by atoms with Crippen LogP contribution in [0.4, 0.5) is 5.69 Å². The number of fused-ring (bicyclic) bond motifs is 2. The van der Waals surface area contributed by atoms with Gasteiger partial charge in [-0.1, -0.05) is 76.2 Å². The summed E-state index contributed by atoms with van der Waals surface area (Å²) in [6.45, 7) is 9.21. The smallest absolute Gasteiger partial charge is 0.127 e. The van der Waals surface area contributed by atoms with Crippen LogP contribution in [0.1, 0.15) is 38.8 Å². The Hall–Kier alpha value is -4.04. The van der Waals surface area contributed by atoms with Crippen LogP contribution >= 0.6 is 34.4 Å². The second kappa shape index (κ2) is 13.5. The Balaban J connectivity index is 1.21. The second-order valence-corrected chi connectivity index (χ2v) is 16.4. The van der Waals surface area contributed by atoms with Gasteiger partial charge < -0.3 is 9.64 Å². The summed E-state index contributed by atoms with van der Waals surface area (Å²) in [6.07, 6.45) is 2.22. The molecule has 0 radical (unpaired) electrons. The third kappa shape index (κ3) is 6.51. The summed E-state index contributed by atoms with van der Waals surface area (Å²) >= 11 is 5.01. The molecule has 4 nitrogen and oxygen atoms in total. The maximum Gasteiger partial charge on any atom is 0.127 e. The number of nitrogens with zero attached hydrogens (tertiary/aromatic N) is 3. The number of ether oxygens (including phenoxy) is 1. The van der Waals surface area contributed by atoms with Gasteiger partial charge in [-0.25, -0.2) is 0 Å². The molecule has 0 fully saturated rings. The van der Waals surface area contributed by atoms with Crippen molar-refractivity contribution in [3.05, 3.63) is 96.1 Å². The number of methoxy groups -OCH3 is 1. The molecule has 0 aliphatic heterocycles. The molecule has 4 aromatic carbocycles. The number of rotatable bonds is 10. The van der Waals surface area contributed by atoms with Gasteiger partial charge in [0.2, 0.25) is 0 Å². The monoisotopic (exact) mass is 687 g/mol. The first-order valence-electron chi connectivity index (χ1n) is 16.5. The van der Waals surface area contributed by atoms with Gasteiger partial charge in [-0.15, -0.1) is 22.7 Å². The Bertz CT molecular complexity index is 2160. The maximum atomic E-state index is 5.94. The van der Waals surface area contributed by atoms with E-state index in [1.165, 1.54) is 53.3 Å². The van der Waals surface area contributed by atoms with E-state index in [-0.39, 0.29) is 0 Å². The van der Waals surface area contributed by atoms with Crippen LogP contribution in [0.5, 0.6) is 5.75 Å². The third-order valence-corrected chi connectivity index (χ3v) is 11.6. The Morgan fingerprint density at radius 3 is 1.79 bits per heavy atom. The first-order valence-corrected chi connectivity index (χ1v) is 18.9. The summed E-state index contributed by atoms with van der Waals surface area (Å²) in [5, 5.41) is 0. The molecular weight excluding hydrogens is 647 g/mol. The van der Waals surface area contributed by atoms with Gasteiger partial charge in [0.15, 0.2) is 0 Å². The molecule has 7 rings (SSSR count). The van der Waals surface area contributed by atoms with Crippen LogP contribution in [0.15, 0.2) is 84.9 Å². The molecule has 0 N–H and O–H groups in total. The van der Waals surface area contributed by atoms with E-state index in [9.17, 15) is 0 Å². The molecule has 0 spiro atoms. The van der Waals surface area contributed by atoms with Gasteiger partial charge >= 0.3 is 0 Å². The summed E-state index contributed by atoms with van der Waals surface area (Å²) in [5.74, 6) is 2.09. The van der Waals surface area contributed by atoms with Gasteiger partial charge in [0.05, 0.1) is 18.8 Å². The summed E-state index contributed by atoms with van der Waals surface area (Å²) < 4.78 is 18.2. The standard InChI is InChI=1S/C41H41N3OS3/c1-24(2)16-26-18-27(17-25(3)4)20-30(19-26)36-22-38-39(46-36)23-37(47-38)34-15-14-33(40-41(34)43-48-42-40)32-13-10-29(21-35(32)45-7)28-8-11-31(12-9-28)44(5)6/h8-15,18-25H,16-17H2,1-7H3. The summed E-state index contributed by atoms with van der Waals surface area (Å²) in [4.78, 5) is 4.68. The van der Waals surface area contributed by atoms with Crippen molar-refractivity contribution in [2.75, 3.05) is 26.1 Å². The second-order valence-electron chi connectivity index (χ2n) is 13.7. The Morgan fingerprint density at radius 2 is 1.17 bits per heavy atom. The molecule has 0 bridgehead atoms. The minimum absolute atomic E-state index is 0.636. The molecule has 0 aliphatic rings. The highest BCUT2D eigenvalue weighted by Gasteiger charge is 2.19. The quantitative estimate of drug-likeness (QED) is 0.143. The Labute approximate surface area is 296 Å². The van der Waals surface area contributed by atoms with Crippen LogP contribution in [0.3, 0.4) is 0 Å². The number of hydrogen-bond acceptors (Lipinski definition) is 7. The van der Waals surface area contributed by atoms with Crippen LogP contribution in [0.25, 0.3) is 63.6 Å². The van der Waals surface area contributed by atoms with E-state index in [2.05, 4.69) is 132 Å². The zero-order chi connectivity index (χ0) is 33.5. The SMILES string of the molecule is COc1cc(-c2ccc(N(C)C)cc2)ccc1-c1ccc(-c2cc3sc(-c4cc(CC(C)C)cc(CC(C)C)c4)cc3s2)c2nsnc12. The molecule has 3 aromatic heterocycles. The number of hydrogen-bond donors (Lipinski definition) is 0. The summed E-state index contributed by atoms with van der Waals surface area (Å²) in [6, 6.07) is 31.4. The van der Waals surface area contributed by atoms with E-state index in [1.54, 1.807) is 7.11 Å².